The van der Waals surface area contributed by atoms with E-state index in [-0.39, 0.29) is 38.0 Å². The number of fused-ring (bicyclic) bond motifs is 2. The molecule has 2 atom stereocenters. The molecule has 0 aliphatic carbocycles. The van der Waals surface area contributed by atoms with Crippen molar-refractivity contribution < 1.29 is 28.6 Å². The van der Waals surface area contributed by atoms with E-state index < -0.39 is 29.8 Å². The van der Waals surface area contributed by atoms with Gasteiger partial charge in [-0.25, -0.2) is 0 Å². The van der Waals surface area contributed by atoms with Gasteiger partial charge in [-0.2, -0.15) is 0 Å². The topological polar surface area (TPSA) is 85.4 Å². The van der Waals surface area contributed by atoms with Crippen LogP contribution in [0.15, 0.2) is 42.5 Å². The van der Waals surface area contributed by atoms with Crippen molar-refractivity contribution in [3.05, 3.63) is 79.2 Å². The van der Waals surface area contributed by atoms with Gasteiger partial charge >= 0.3 is 0 Å². The summed E-state index contributed by atoms with van der Waals surface area (Å²) in [6, 6.07) is 10.2. The maximum absolute atomic E-state index is 13.7. The second-order valence-electron chi connectivity index (χ2n) is 8.62. The van der Waals surface area contributed by atoms with E-state index in [0.29, 0.717) is 35.1 Å². The summed E-state index contributed by atoms with van der Waals surface area (Å²) in [7, 11) is 0. The van der Waals surface area contributed by atoms with Crippen molar-refractivity contribution in [3.8, 4) is 17.2 Å². The van der Waals surface area contributed by atoms with E-state index in [1.165, 1.54) is 4.90 Å². The average Bonchev–Trinajstić information content (AvgIpc) is 3.48. The summed E-state index contributed by atoms with van der Waals surface area (Å²) >= 11 is 24.9. The van der Waals surface area contributed by atoms with E-state index in [9.17, 15) is 14.4 Å². The summed E-state index contributed by atoms with van der Waals surface area (Å²) in [5.74, 6) is -0.377. The Labute approximate surface area is 236 Å². The number of ether oxygens (including phenoxy) is 3. The highest BCUT2D eigenvalue weighted by molar-refractivity contribution is 6.55. The van der Waals surface area contributed by atoms with Gasteiger partial charge in [-0.05, 0) is 48.9 Å². The molecule has 0 unspecified atom stereocenters. The number of β-lactam (4-membered cyclic amide) rings is 1. The fourth-order valence-electron chi connectivity index (χ4n) is 4.93. The maximum Gasteiger partial charge on any atom is 0.264 e. The fourth-order valence-corrected chi connectivity index (χ4v) is 5.94. The van der Waals surface area contributed by atoms with Crippen LogP contribution in [-0.2, 0) is 4.79 Å². The first-order valence-electron chi connectivity index (χ1n) is 11.4. The third-order valence-electron chi connectivity index (χ3n) is 6.64. The van der Waals surface area contributed by atoms with Crippen molar-refractivity contribution in [3.63, 3.8) is 0 Å². The predicted molar refractivity (Wildman–Crippen MR) is 141 cm³/mol. The number of amides is 3. The second kappa shape index (κ2) is 9.24. The fraction of sp³-hybridized carbons (Fsp3) is 0.192. The minimum absolute atomic E-state index is 0.0609. The molecule has 12 heteroatoms. The highest BCUT2D eigenvalue weighted by atomic mass is 35.5. The first kappa shape index (κ1) is 25.1. The molecule has 1 fully saturated rings. The summed E-state index contributed by atoms with van der Waals surface area (Å²) < 4.78 is 16.5. The van der Waals surface area contributed by atoms with Crippen molar-refractivity contribution in [1.29, 1.82) is 0 Å². The van der Waals surface area contributed by atoms with Gasteiger partial charge in [0.05, 0.1) is 43.9 Å². The number of benzene rings is 3. The molecule has 0 aromatic heterocycles. The molecule has 3 aromatic carbocycles. The standard InChI is InChI=1S/C26H16Cl4N2O6/c1-2-36-13-6-4-12(5-7-13)31-22(11-3-8-14-15(9-11)38-10-37-14)23(26(31)35)32-24(33)16-17(25(32)34)19(28)21(30)20(29)18(16)27/h3-9,22-23H,2,10H2,1H3/t22-,23+/m1/s1. The Hall–Kier alpha value is -3.17. The lowest BCUT2D eigenvalue weighted by atomic mass is 9.86. The van der Waals surface area contributed by atoms with Gasteiger partial charge in [0.25, 0.3) is 17.7 Å². The molecule has 0 radical (unpaired) electrons. The first-order chi connectivity index (χ1) is 18.2. The number of halogens is 4. The van der Waals surface area contributed by atoms with Crippen LogP contribution in [0.5, 0.6) is 17.2 Å². The number of hydrogen-bond acceptors (Lipinski definition) is 6. The van der Waals surface area contributed by atoms with Gasteiger partial charge in [0, 0.05) is 5.69 Å². The first-order valence-corrected chi connectivity index (χ1v) is 12.9. The zero-order valence-corrected chi connectivity index (χ0v) is 22.5. The van der Waals surface area contributed by atoms with Crippen LogP contribution in [0.3, 0.4) is 0 Å². The van der Waals surface area contributed by atoms with Crippen molar-refractivity contribution >= 4 is 69.8 Å². The normalized spacial score (nSPS) is 19.7. The average molecular weight is 594 g/mol. The number of hydrogen-bond donors (Lipinski definition) is 0. The zero-order valence-electron chi connectivity index (χ0n) is 19.5. The minimum atomic E-state index is -1.20. The quantitative estimate of drug-likeness (QED) is 0.152. The lowest BCUT2D eigenvalue weighted by Gasteiger charge is -2.49. The smallest absolute Gasteiger partial charge is 0.264 e. The molecule has 38 heavy (non-hydrogen) atoms. The third-order valence-corrected chi connectivity index (χ3v) is 8.44. The van der Waals surface area contributed by atoms with Gasteiger partial charge in [0.15, 0.2) is 11.5 Å². The summed E-state index contributed by atoms with van der Waals surface area (Å²) in [6.07, 6.45) is 0. The Morgan fingerprint density at radius 1 is 0.789 bits per heavy atom. The summed E-state index contributed by atoms with van der Waals surface area (Å²) in [5.41, 5.74) is 0.800. The molecule has 3 heterocycles. The molecule has 3 aliphatic rings. The molecule has 3 amide bonds. The number of imide groups is 1. The van der Waals surface area contributed by atoms with E-state index in [0.717, 1.165) is 4.90 Å². The molecular formula is C26H16Cl4N2O6. The van der Waals surface area contributed by atoms with Crippen LogP contribution in [0.1, 0.15) is 39.2 Å². The van der Waals surface area contributed by atoms with E-state index in [4.69, 9.17) is 60.6 Å². The number of anilines is 1. The Kier molecular flexibility index (Phi) is 6.11. The van der Waals surface area contributed by atoms with Gasteiger partial charge in [-0.15, -0.1) is 0 Å². The molecular weight excluding hydrogens is 578 g/mol. The zero-order chi connectivity index (χ0) is 26.9. The third kappa shape index (κ3) is 3.55. The summed E-state index contributed by atoms with van der Waals surface area (Å²) in [6.45, 7) is 2.42. The van der Waals surface area contributed by atoms with E-state index in [1.54, 1.807) is 42.5 Å². The largest absolute Gasteiger partial charge is 0.494 e. The SMILES string of the molecule is CCOc1ccc(N2C(=O)[C@@H](N3C(=O)c4c(Cl)c(Cl)c(Cl)c(Cl)c4C3=O)[C@H]2c2ccc3c(c2)OCO3)cc1. The van der Waals surface area contributed by atoms with Gasteiger partial charge in [-0.1, -0.05) is 52.5 Å². The number of nitrogens with zero attached hydrogens (tertiary/aromatic N) is 2. The Bertz CT molecular complexity index is 1500. The van der Waals surface area contributed by atoms with Crippen LogP contribution in [0.25, 0.3) is 0 Å². The van der Waals surface area contributed by atoms with Crippen LogP contribution in [0.4, 0.5) is 5.69 Å². The number of carbonyl (C=O) groups excluding carboxylic acids is 3. The Balaban J connectivity index is 1.45. The molecule has 8 nitrogen and oxygen atoms in total. The molecule has 1 saturated heterocycles. The van der Waals surface area contributed by atoms with E-state index in [1.807, 2.05) is 6.92 Å². The summed E-state index contributed by atoms with van der Waals surface area (Å²) in [4.78, 5) is 43.2. The molecule has 3 aromatic rings. The minimum Gasteiger partial charge on any atom is -0.494 e. The Morgan fingerprint density at radius 2 is 1.39 bits per heavy atom. The highest BCUT2D eigenvalue weighted by Gasteiger charge is 2.58. The lowest BCUT2D eigenvalue weighted by Crippen LogP contribution is -2.67. The van der Waals surface area contributed by atoms with Crippen molar-refractivity contribution in [2.24, 2.45) is 0 Å². The number of carbonyl (C=O) groups is 3. The van der Waals surface area contributed by atoms with Gasteiger partial charge in [-0.3, -0.25) is 19.3 Å². The molecule has 6 rings (SSSR count). The maximum atomic E-state index is 13.7. The number of rotatable bonds is 5. The van der Waals surface area contributed by atoms with Gasteiger partial charge in [0.2, 0.25) is 6.79 Å². The van der Waals surface area contributed by atoms with Gasteiger partial charge < -0.3 is 19.1 Å². The van der Waals surface area contributed by atoms with Crippen LogP contribution >= 0.6 is 46.4 Å². The van der Waals surface area contributed by atoms with Crippen LogP contribution in [-0.4, -0.2) is 42.1 Å². The van der Waals surface area contributed by atoms with Crippen LogP contribution < -0.4 is 19.1 Å². The molecule has 3 aliphatic heterocycles. The second-order valence-corrected chi connectivity index (χ2v) is 10.1. The summed E-state index contributed by atoms with van der Waals surface area (Å²) in [5, 5.41) is -0.704. The lowest BCUT2D eigenvalue weighted by molar-refractivity contribution is -0.130. The molecule has 194 valence electrons. The molecule has 0 spiro atoms. The molecule has 0 saturated carbocycles. The Morgan fingerprint density at radius 3 is 2.00 bits per heavy atom. The van der Waals surface area contributed by atoms with Crippen molar-refractivity contribution in [2.75, 3.05) is 18.3 Å². The molecule has 0 N–H and O–H groups in total. The molecule has 0 bridgehead atoms. The van der Waals surface area contributed by atoms with E-state index in [2.05, 4.69) is 0 Å². The van der Waals surface area contributed by atoms with Crippen molar-refractivity contribution in [2.45, 2.75) is 19.0 Å². The van der Waals surface area contributed by atoms with Crippen LogP contribution in [0, 0.1) is 0 Å². The van der Waals surface area contributed by atoms with E-state index >= 15 is 0 Å². The monoisotopic (exact) mass is 592 g/mol. The predicted octanol–water partition coefficient (Wildman–Crippen LogP) is 6.18. The van der Waals surface area contributed by atoms with Crippen LogP contribution in [0.2, 0.25) is 20.1 Å². The van der Waals surface area contributed by atoms with Gasteiger partial charge in [0.1, 0.15) is 11.8 Å². The van der Waals surface area contributed by atoms with Crippen molar-refractivity contribution in [1.82, 2.24) is 4.90 Å². The highest BCUT2D eigenvalue weighted by Crippen LogP contribution is 2.50.